The number of para-hydroxylation sites is 1. The highest BCUT2D eigenvalue weighted by atomic mass is 35.5. The quantitative estimate of drug-likeness (QED) is 0.435. The van der Waals surface area contributed by atoms with E-state index in [0.717, 1.165) is 5.69 Å². The number of hydrazone groups is 1. The zero-order valence-electron chi connectivity index (χ0n) is 14.2. The molecule has 0 fully saturated rings. The molecule has 3 rings (SSSR count). The second-order valence-electron chi connectivity index (χ2n) is 5.75. The summed E-state index contributed by atoms with van der Waals surface area (Å²) < 4.78 is 5.20. The van der Waals surface area contributed by atoms with Crippen LogP contribution in [0, 0.1) is 0 Å². The minimum absolute atomic E-state index is 0.0774. The van der Waals surface area contributed by atoms with E-state index < -0.39 is 11.5 Å². The summed E-state index contributed by atoms with van der Waals surface area (Å²) in [7, 11) is 3.83. The van der Waals surface area contributed by atoms with Crippen LogP contribution in [0.4, 0.5) is 5.69 Å². The number of nitrogens with one attached hydrogen (secondary N) is 1. The standard InChI is InChI=1S/C19H16ClN3O3/c1-23(2)13-9-7-12(8-10-13)18(24)22-21-11-15-17(20)14-5-3-4-6-16(14)26-19(15)25/h3-11H,1-2H3,(H,22,24)/b21-11+. The van der Waals surface area contributed by atoms with Crippen molar-refractivity contribution in [2.75, 3.05) is 19.0 Å². The summed E-state index contributed by atoms with van der Waals surface area (Å²) in [4.78, 5) is 26.1. The lowest BCUT2D eigenvalue weighted by atomic mass is 10.2. The van der Waals surface area contributed by atoms with Crippen LogP contribution in [0.2, 0.25) is 5.02 Å². The van der Waals surface area contributed by atoms with Gasteiger partial charge in [-0.15, -0.1) is 0 Å². The molecule has 1 heterocycles. The van der Waals surface area contributed by atoms with Crippen LogP contribution in [0.25, 0.3) is 11.0 Å². The fourth-order valence-electron chi connectivity index (χ4n) is 2.37. The number of anilines is 1. The number of fused-ring (bicyclic) bond motifs is 1. The second kappa shape index (κ2) is 7.41. The molecule has 0 saturated carbocycles. The molecule has 6 nitrogen and oxygen atoms in total. The average Bonchev–Trinajstić information content (AvgIpc) is 2.64. The number of amides is 1. The van der Waals surface area contributed by atoms with Crippen LogP contribution in [0.15, 0.2) is 62.8 Å². The van der Waals surface area contributed by atoms with Crippen molar-refractivity contribution in [3.05, 3.63) is 75.1 Å². The third-order valence-corrected chi connectivity index (χ3v) is 4.20. The molecular weight excluding hydrogens is 354 g/mol. The molecule has 0 aliphatic heterocycles. The SMILES string of the molecule is CN(C)c1ccc(C(=O)N/N=C/c2c(Cl)c3ccccc3oc2=O)cc1. The zero-order chi connectivity index (χ0) is 18.7. The van der Waals surface area contributed by atoms with Crippen molar-refractivity contribution in [1.29, 1.82) is 0 Å². The number of carbonyl (C=O) groups excluding carboxylic acids is 1. The number of hydrogen-bond donors (Lipinski definition) is 1. The third-order valence-electron chi connectivity index (χ3n) is 3.79. The van der Waals surface area contributed by atoms with Gasteiger partial charge < -0.3 is 9.32 Å². The summed E-state index contributed by atoms with van der Waals surface area (Å²) in [6.07, 6.45) is 1.19. The Morgan fingerprint density at radius 1 is 1.15 bits per heavy atom. The first-order chi connectivity index (χ1) is 12.5. The molecule has 2 aromatic carbocycles. The second-order valence-corrected chi connectivity index (χ2v) is 6.13. The average molecular weight is 370 g/mol. The van der Waals surface area contributed by atoms with Gasteiger partial charge in [0.25, 0.3) is 5.91 Å². The Morgan fingerprint density at radius 3 is 2.54 bits per heavy atom. The van der Waals surface area contributed by atoms with Crippen LogP contribution in [-0.2, 0) is 0 Å². The molecule has 26 heavy (non-hydrogen) atoms. The van der Waals surface area contributed by atoms with E-state index in [4.69, 9.17) is 16.0 Å². The lowest BCUT2D eigenvalue weighted by Gasteiger charge is -2.12. The summed E-state index contributed by atoms with van der Waals surface area (Å²) in [5.74, 6) is -0.396. The van der Waals surface area contributed by atoms with Gasteiger partial charge in [0.2, 0.25) is 0 Å². The number of carbonyl (C=O) groups is 1. The van der Waals surface area contributed by atoms with Crippen molar-refractivity contribution in [3.63, 3.8) is 0 Å². The molecule has 0 unspecified atom stereocenters. The molecule has 132 valence electrons. The van der Waals surface area contributed by atoms with E-state index in [1.54, 1.807) is 36.4 Å². The summed E-state index contributed by atoms with van der Waals surface area (Å²) in [6, 6.07) is 14.0. The van der Waals surface area contributed by atoms with Crippen molar-refractivity contribution in [1.82, 2.24) is 5.43 Å². The molecule has 0 radical (unpaired) electrons. The summed E-state index contributed by atoms with van der Waals surface area (Å²) in [6.45, 7) is 0. The highest BCUT2D eigenvalue weighted by Gasteiger charge is 2.11. The Morgan fingerprint density at radius 2 is 1.85 bits per heavy atom. The van der Waals surface area contributed by atoms with E-state index in [0.29, 0.717) is 16.5 Å². The summed E-state index contributed by atoms with van der Waals surface area (Å²) >= 11 is 6.26. The van der Waals surface area contributed by atoms with Crippen molar-refractivity contribution in [2.24, 2.45) is 5.10 Å². The van der Waals surface area contributed by atoms with Crippen LogP contribution >= 0.6 is 11.6 Å². The van der Waals surface area contributed by atoms with E-state index in [1.807, 2.05) is 31.1 Å². The molecule has 0 atom stereocenters. The minimum atomic E-state index is -0.623. The predicted octanol–water partition coefficient (Wildman–Crippen LogP) is 3.28. The van der Waals surface area contributed by atoms with Crippen LogP contribution in [0.5, 0.6) is 0 Å². The van der Waals surface area contributed by atoms with E-state index in [-0.39, 0.29) is 10.6 Å². The topological polar surface area (TPSA) is 74.9 Å². The number of nitrogens with zero attached hydrogens (tertiary/aromatic N) is 2. The van der Waals surface area contributed by atoms with Crippen LogP contribution in [-0.4, -0.2) is 26.2 Å². The fraction of sp³-hybridized carbons (Fsp3) is 0.105. The van der Waals surface area contributed by atoms with Crippen LogP contribution in [0.3, 0.4) is 0 Å². The van der Waals surface area contributed by atoms with Gasteiger partial charge in [-0.05, 0) is 36.4 Å². The van der Waals surface area contributed by atoms with Gasteiger partial charge in [-0.1, -0.05) is 23.7 Å². The predicted molar refractivity (Wildman–Crippen MR) is 103 cm³/mol. The molecule has 0 aliphatic rings. The maximum atomic E-state index is 12.1. The number of hydrogen-bond acceptors (Lipinski definition) is 5. The number of halogens is 1. The maximum Gasteiger partial charge on any atom is 0.346 e. The van der Waals surface area contributed by atoms with E-state index >= 15 is 0 Å². The minimum Gasteiger partial charge on any atom is -0.422 e. The normalized spacial score (nSPS) is 11.0. The van der Waals surface area contributed by atoms with Gasteiger partial charge >= 0.3 is 5.63 Å². The molecule has 7 heteroatoms. The van der Waals surface area contributed by atoms with Gasteiger partial charge in [0, 0.05) is 30.7 Å². The Kier molecular flexibility index (Phi) is 5.04. The highest BCUT2D eigenvalue weighted by molar-refractivity contribution is 6.37. The summed E-state index contributed by atoms with van der Waals surface area (Å²) in [5, 5.41) is 4.65. The van der Waals surface area contributed by atoms with E-state index in [9.17, 15) is 9.59 Å². The molecule has 0 bridgehead atoms. The van der Waals surface area contributed by atoms with Crippen molar-refractivity contribution < 1.29 is 9.21 Å². The van der Waals surface area contributed by atoms with Gasteiger partial charge in [-0.2, -0.15) is 5.10 Å². The lowest BCUT2D eigenvalue weighted by Crippen LogP contribution is -2.19. The first-order valence-electron chi connectivity index (χ1n) is 7.79. The Bertz CT molecular complexity index is 1040. The van der Waals surface area contributed by atoms with Gasteiger partial charge in [-0.25, -0.2) is 10.2 Å². The van der Waals surface area contributed by atoms with Gasteiger partial charge in [-0.3, -0.25) is 4.79 Å². The molecule has 0 aliphatic carbocycles. The highest BCUT2D eigenvalue weighted by Crippen LogP contribution is 2.23. The monoisotopic (exact) mass is 369 g/mol. The van der Waals surface area contributed by atoms with Crippen molar-refractivity contribution in [2.45, 2.75) is 0 Å². The van der Waals surface area contributed by atoms with E-state index in [1.165, 1.54) is 6.21 Å². The molecule has 1 amide bonds. The van der Waals surface area contributed by atoms with Gasteiger partial charge in [0.05, 0.1) is 16.8 Å². The smallest absolute Gasteiger partial charge is 0.346 e. The van der Waals surface area contributed by atoms with Gasteiger partial charge in [0.15, 0.2) is 0 Å². The molecule has 3 aromatic rings. The first-order valence-corrected chi connectivity index (χ1v) is 8.17. The first kappa shape index (κ1) is 17.7. The lowest BCUT2D eigenvalue weighted by molar-refractivity contribution is 0.0955. The molecule has 0 saturated heterocycles. The summed E-state index contributed by atoms with van der Waals surface area (Å²) in [5.41, 5.74) is 3.65. The Hall–Kier alpha value is -3.12. The molecule has 0 spiro atoms. The molecule has 1 N–H and O–H groups in total. The van der Waals surface area contributed by atoms with Crippen LogP contribution < -0.4 is 16.0 Å². The third kappa shape index (κ3) is 3.60. The molecular formula is C19H16ClN3O3. The van der Waals surface area contributed by atoms with Crippen molar-refractivity contribution >= 4 is 40.4 Å². The number of benzene rings is 2. The van der Waals surface area contributed by atoms with E-state index in [2.05, 4.69) is 10.5 Å². The Labute approximate surface area is 154 Å². The van der Waals surface area contributed by atoms with Crippen molar-refractivity contribution in [3.8, 4) is 0 Å². The number of rotatable bonds is 4. The Balaban J connectivity index is 1.79. The largest absolute Gasteiger partial charge is 0.422 e. The van der Waals surface area contributed by atoms with Crippen LogP contribution in [0.1, 0.15) is 15.9 Å². The molecule has 1 aromatic heterocycles. The fourth-order valence-corrected chi connectivity index (χ4v) is 2.65. The zero-order valence-corrected chi connectivity index (χ0v) is 14.9. The van der Waals surface area contributed by atoms with Gasteiger partial charge in [0.1, 0.15) is 5.58 Å². The maximum absolute atomic E-state index is 12.1.